The summed E-state index contributed by atoms with van der Waals surface area (Å²) in [4.78, 5) is 33.7. The van der Waals surface area contributed by atoms with Gasteiger partial charge in [0.15, 0.2) is 0 Å². The molecule has 0 aromatic carbocycles. The molecular weight excluding hydrogens is 337 g/mol. The first-order valence-electron chi connectivity index (χ1n) is 7.61. The molecular formula is C15H20KN5O3. The summed E-state index contributed by atoms with van der Waals surface area (Å²) in [5.41, 5.74) is 6.89. The van der Waals surface area contributed by atoms with Crippen LogP contribution in [0.5, 0.6) is 0 Å². The summed E-state index contributed by atoms with van der Waals surface area (Å²) in [6, 6.07) is 1.59. The number of anilines is 1. The predicted octanol–water partition coefficient (Wildman–Crippen LogP) is -0.198. The smallest absolute Gasteiger partial charge is 0.566 e. The molecule has 0 spiro atoms. The van der Waals surface area contributed by atoms with Crippen molar-refractivity contribution in [3.05, 3.63) is 23.5 Å². The van der Waals surface area contributed by atoms with E-state index in [4.69, 9.17) is 4.74 Å². The number of nitrogens with zero attached hydrogens (tertiary/aromatic N) is 3. The van der Waals surface area contributed by atoms with Crippen LogP contribution in [-0.4, -0.2) is 33.4 Å². The number of fused-ring (bicyclic) bond motifs is 1. The first-order valence-corrected chi connectivity index (χ1v) is 7.61. The number of hydrogen-bond acceptors (Lipinski definition) is 6. The minimum Gasteiger partial charge on any atom is -0.566 e. The van der Waals surface area contributed by atoms with Gasteiger partial charge in [-0.25, -0.2) is 14.8 Å². The first kappa shape index (κ1) is 21.0. The summed E-state index contributed by atoms with van der Waals surface area (Å²) in [5.74, 6) is 0.0631. The van der Waals surface area contributed by atoms with Gasteiger partial charge in [0.25, 0.3) is 0 Å². The number of rotatable bonds is 5. The van der Waals surface area contributed by atoms with Crippen LogP contribution in [0.3, 0.4) is 0 Å². The molecule has 0 atom stereocenters. The van der Waals surface area contributed by atoms with Crippen LogP contribution in [0, 0.1) is 5.92 Å². The molecule has 1 saturated carbocycles. The van der Waals surface area contributed by atoms with Crippen LogP contribution < -0.4 is 56.8 Å². The Balaban J connectivity index is 0.000000925. The first-order chi connectivity index (χ1) is 11.1. The summed E-state index contributed by atoms with van der Waals surface area (Å²) < 4.78 is 5.20. The van der Waals surface area contributed by atoms with Crippen LogP contribution in [0.1, 0.15) is 44.1 Å². The zero-order valence-electron chi connectivity index (χ0n) is 14.4. The van der Waals surface area contributed by atoms with Gasteiger partial charge in [0.1, 0.15) is 23.5 Å². The normalized spacial score (nSPS) is 12.5. The van der Waals surface area contributed by atoms with Crippen molar-refractivity contribution in [1.82, 2.24) is 15.0 Å². The summed E-state index contributed by atoms with van der Waals surface area (Å²) in [6.07, 6.45) is 3.55. The second-order valence-corrected chi connectivity index (χ2v) is 4.95. The van der Waals surface area contributed by atoms with Gasteiger partial charge in [-0.1, -0.05) is 13.8 Å². The Hall–Kier alpha value is -1.00. The van der Waals surface area contributed by atoms with E-state index in [9.17, 15) is 9.59 Å². The maximum atomic E-state index is 11.9. The topological polar surface area (TPSA) is 111 Å². The van der Waals surface area contributed by atoms with E-state index >= 15 is 0 Å². The third kappa shape index (κ3) is 5.82. The minimum absolute atomic E-state index is 0. The van der Waals surface area contributed by atoms with Gasteiger partial charge in [-0.15, -0.1) is 0 Å². The van der Waals surface area contributed by atoms with E-state index in [2.05, 4.69) is 25.8 Å². The molecule has 1 amide bonds. The molecule has 0 saturated heterocycles. The van der Waals surface area contributed by atoms with Gasteiger partial charge in [0.05, 0.1) is 17.9 Å². The molecule has 0 unspecified atom stereocenters. The molecule has 0 radical (unpaired) electrons. The van der Waals surface area contributed by atoms with Crippen LogP contribution in [0.2, 0.25) is 0 Å². The van der Waals surface area contributed by atoms with Crippen molar-refractivity contribution in [3.8, 4) is 0 Å². The van der Waals surface area contributed by atoms with Crippen LogP contribution in [0.4, 0.5) is 5.82 Å². The molecule has 2 aromatic heterocycles. The van der Waals surface area contributed by atoms with Gasteiger partial charge in [-0.3, -0.25) is 0 Å². The van der Waals surface area contributed by atoms with Gasteiger partial charge < -0.3 is 25.4 Å². The Labute approximate surface area is 182 Å². The molecule has 2 aromatic rings. The van der Waals surface area contributed by atoms with Gasteiger partial charge in [-0.2, -0.15) is 0 Å². The van der Waals surface area contributed by atoms with Crippen molar-refractivity contribution in [2.45, 2.75) is 33.6 Å². The monoisotopic (exact) mass is 357 g/mol. The maximum Gasteiger partial charge on any atom is 1.00 e. The Morgan fingerprint density at radius 3 is 2.71 bits per heavy atom. The van der Waals surface area contributed by atoms with E-state index < -0.39 is 5.97 Å². The minimum atomic E-state index is -0.422. The third-order valence-corrected chi connectivity index (χ3v) is 3.11. The van der Waals surface area contributed by atoms with E-state index in [1.54, 1.807) is 6.07 Å². The molecule has 1 aliphatic rings. The molecule has 8 nitrogen and oxygen atoms in total. The van der Waals surface area contributed by atoms with E-state index in [-0.39, 0.29) is 57.3 Å². The van der Waals surface area contributed by atoms with Crippen LogP contribution in [0.15, 0.2) is 12.4 Å². The molecule has 1 fully saturated rings. The van der Waals surface area contributed by atoms with Crippen molar-refractivity contribution in [2.75, 3.05) is 12.0 Å². The Bertz CT molecular complexity index is 699. The fraction of sp³-hybridized carbons (Fsp3) is 0.467. The second-order valence-electron chi connectivity index (χ2n) is 4.95. The molecule has 1 aliphatic carbocycles. The van der Waals surface area contributed by atoms with E-state index in [0.29, 0.717) is 35.1 Å². The molecule has 124 valence electrons. The summed E-state index contributed by atoms with van der Waals surface area (Å²) in [5, 5.41) is 0.570. The third-order valence-electron chi connectivity index (χ3n) is 3.11. The zero-order valence-corrected chi connectivity index (χ0v) is 17.5. The zero-order chi connectivity index (χ0) is 16.8. The second kappa shape index (κ2) is 10.1. The molecule has 9 heteroatoms. The number of aromatic amines is 1. The standard InChI is InChI=1S/C13H15N5O3.C2H6.K/c1-7(19)17-18-12-9-4-10(16-11(9)14-6-15-12)13(20)21-5-8-2-3-8;1-2;/h4,6,8H,2-3,5H2,1H3,(H3,14,15,16,17,18,19,20);1-2H3;/q;;+1/p-1. The average Bonchev–Trinajstić information content (AvgIpc) is 3.28. The SMILES string of the molecule is CC.CC(=O)[N-]Nc1ncnc2[nH]c(C(=O)OCC3CC3)cc12.[K+]. The average molecular weight is 357 g/mol. The molecule has 2 N–H and O–H groups in total. The van der Waals surface area contributed by atoms with E-state index in [1.165, 1.54) is 13.3 Å². The van der Waals surface area contributed by atoms with Crippen molar-refractivity contribution < 1.29 is 65.7 Å². The van der Waals surface area contributed by atoms with Gasteiger partial charge in [0.2, 0.25) is 0 Å². The van der Waals surface area contributed by atoms with Gasteiger partial charge in [0, 0.05) is 0 Å². The number of carbonyl (C=O) groups is 2. The number of nitrogens with one attached hydrogen (secondary N) is 2. The number of H-pyrrole nitrogens is 1. The number of ether oxygens (including phenoxy) is 1. The van der Waals surface area contributed by atoms with Crippen molar-refractivity contribution in [1.29, 1.82) is 0 Å². The number of esters is 1. The van der Waals surface area contributed by atoms with Crippen molar-refractivity contribution >= 4 is 28.7 Å². The predicted molar refractivity (Wildman–Crippen MR) is 85.9 cm³/mol. The van der Waals surface area contributed by atoms with Crippen LogP contribution in [-0.2, 0) is 9.53 Å². The fourth-order valence-electron chi connectivity index (χ4n) is 1.83. The quantitative estimate of drug-likeness (QED) is 0.436. The van der Waals surface area contributed by atoms with E-state index in [1.807, 2.05) is 13.8 Å². The molecule has 3 rings (SSSR count). The van der Waals surface area contributed by atoms with Crippen molar-refractivity contribution in [3.63, 3.8) is 0 Å². The van der Waals surface area contributed by atoms with Gasteiger partial charge in [-0.05, 0) is 31.7 Å². The largest absolute Gasteiger partial charge is 1.00 e. The number of amides is 1. The Kier molecular flexibility index (Phi) is 8.85. The summed E-state index contributed by atoms with van der Waals surface area (Å²) in [7, 11) is 0. The number of aromatic nitrogens is 3. The van der Waals surface area contributed by atoms with Crippen LogP contribution >= 0.6 is 0 Å². The molecule has 0 bridgehead atoms. The summed E-state index contributed by atoms with van der Waals surface area (Å²) in [6.45, 7) is 5.77. The van der Waals surface area contributed by atoms with Crippen molar-refractivity contribution in [2.24, 2.45) is 5.92 Å². The molecule has 2 heterocycles. The molecule has 0 aliphatic heterocycles. The summed E-state index contributed by atoms with van der Waals surface area (Å²) >= 11 is 0. The van der Waals surface area contributed by atoms with E-state index in [0.717, 1.165) is 12.8 Å². The van der Waals surface area contributed by atoms with Gasteiger partial charge >= 0.3 is 57.4 Å². The number of carbonyl (C=O) groups excluding carboxylic acids is 2. The fourth-order valence-corrected chi connectivity index (χ4v) is 1.83. The maximum absolute atomic E-state index is 11.9. The van der Waals surface area contributed by atoms with Crippen LogP contribution in [0.25, 0.3) is 16.5 Å². The Morgan fingerprint density at radius 2 is 2.08 bits per heavy atom. The number of hydrogen-bond donors (Lipinski definition) is 2. The Morgan fingerprint density at radius 1 is 1.38 bits per heavy atom. The molecule has 24 heavy (non-hydrogen) atoms.